The van der Waals surface area contributed by atoms with Gasteiger partial charge in [0.15, 0.2) is 0 Å². The summed E-state index contributed by atoms with van der Waals surface area (Å²) in [4.78, 5) is 12.7. The largest absolute Gasteiger partial charge is 0.322 e. The molecule has 1 atom stereocenters. The highest BCUT2D eigenvalue weighted by atomic mass is 35.5. The Morgan fingerprint density at radius 2 is 1.75 bits per heavy atom. The Labute approximate surface area is 175 Å². The standard InChI is InChI=1S/C20H22Cl2N2O3S/c1-2-15-6-3-4-13-24(15)28(26,27)16-11-9-14(10-12-16)23-20(25)19-17(21)7-5-8-18(19)22/h5,7-12,15H,2-4,6,13H2,1H3,(H,23,25). The third kappa shape index (κ3) is 4.35. The number of carbonyl (C=O) groups excluding carboxylic acids is 1. The molecule has 0 bridgehead atoms. The van der Waals surface area contributed by atoms with Crippen LogP contribution in [0.25, 0.3) is 0 Å². The molecule has 0 spiro atoms. The maximum absolute atomic E-state index is 13.0. The first kappa shape index (κ1) is 21.1. The van der Waals surface area contributed by atoms with E-state index in [2.05, 4.69) is 5.32 Å². The van der Waals surface area contributed by atoms with Gasteiger partial charge in [0.25, 0.3) is 5.91 Å². The monoisotopic (exact) mass is 440 g/mol. The zero-order valence-corrected chi connectivity index (χ0v) is 17.8. The Morgan fingerprint density at radius 3 is 2.36 bits per heavy atom. The van der Waals surface area contributed by atoms with Crippen LogP contribution in [0.5, 0.6) is 0 Å². The third-order valence-electron chi connectivity index (χ3n) is 4.95. The molecule has 3 rings (SSSR count). The van der Waals surface area contributed by atoms with Crippen LogP contribution < -0.4 is 5.32 Å². The molecule has 1 saturated heterocycles. The van der Waals surface area contributed by atoms with E-state index >= 15 is 0 Å². The normalized spacial score (nSPS) is 18.0. The molecule has 1 N–H and O–H groups in total. The molecule has 8 heteroatoms. The van der Waals surface area contributed by atoms with Gasteiger partial charge in [-0.05, 0) is 55.7 Å². The number of piperidine rings is 1. The van der Waals surface area contributed by atoms with Gasteiger partial charge >= 0.3 is 0 Å². The van der Waals surface area contributed by atoms with Crippen molar-refractivity contribution in [1.29, 1.82) is 0 Å². The minimum Gasteiger partial charge on any atom is -0.322 e. The van der Waals surface area contributed by atoms with Crippen molar-refractivity contribution in [1.82, 2.24) is 4.31 Å². The maximum atomic E-state index is 13.0. The predicted octanol–water partition coefficient (Wildman–Crippen LogP) is 5.20. The molecule has 1 heterocycles. The molecular formula is C20H22Cl2N2O3S. The minimum absolute atomic E-state index is 0.0421. The molecule has 0 saturated carbocycles. The average Bonchev–Trinajstić information content (AvgIpc) is 2.68. The maximum Gasteiger partial charge on any atom is 0.258 e. The number of amides is 1. The van der Waals surface area contributed by atoms with E-state index in [4.69, 9.17) is 23.2 Å². The summed E-state index contributed by atoms with van der Waals surface area (Å²) in [5, 5.41) is 3.20. The van der Waals surface area contributed by atoms with Gasteiger partial charge in [-0.2, -0.15) is 4.31 Å². The SMILES string of the molecule is CCC1CCCCN1S(=O)(=O)c1ccc(NC(=O)c2c(Cl)cccc2Cl)cc1. The highest BCUT2D eigenvalue weighted by molar-refractivity contribution is 7.89. The quantitative estimate of drug-likeness (QED) is 0.694. The van der Waals surface area contributed by atoms with E-state index in [1.165, 1.54) is 12.1 Å². The number of hydrogen-bond donors (Lipinski definition) is 1. The summed E-state index contributed by atoms with van der Waals surface area (Å²) >= 11 is 12.1. The molecule has 0 radical (unpaired) electrons. The second kappa shape index (κ2) is 8.82. The van der Waals surface area contributed by atoms with Crippen LogP contribution in [0.3, 0.4) is 0 Å². The smallest absolute Gasteiger partial charge is 0.258 e. The highest BCUT2D eigenvalue weighted by Gasteiger charge is 2.32. The van der Waals surface area contributed by atoms with E-state index in [1.807, 2.05) is 6.92 Å². The van der Waals surface area contributed by atoms with Crippen LogP contribution in [-0.4, -0.2) is 31.2 Å². The van der Waals surface area contributed by atoms with Crippen molar-refractivity contribution in [2.45, 2.75) is 43.5 Å². The Bertz CT molecular complexity index is 942. The van der Waals surface area contributed by atoms with Gasteiger partial charge in [-0.15, -0.1) is 0 Å². The molecular weight excluding hydrogens is 419 g/mol. The molecule has 28 heavy (non-hydrogen) atoms. The fraction of sp³-hybridized carbons (Fsp3) is 0.350. The first-order chi connectivity index (χ1) is 13.3. The van der Waals surface area contributed by atoms with Crippen LogP contribution in [0, 0.1) is 0 Å². The molecule has 1 unspecified atom stereocenters. The second-order valence-corrected chi connectivity index (χ2v) is 9.45. The summed E-state index contributed by atoms with van der Waals surface area (Å²) in [5.41, 5.74) is 0.646. The van der Waals surface area contributed by atoms with Gasteiger partial charge in [0.05, 0.1) is 20.5 Å². The molecule has 0 aromatic heterocycles. The van der Waals surface area contributed by atoms with Crippen molar-refractivity contribution in [3.05, 3.63) is 58.1 Å². The predicted molar refractivity (Wildman–Crippen MR) is 113 cm³/mol. The minimum atomic E-state index is -3.56. The number of rotatable bonds is 5. The van der Waals surface area contributed by atoms with Crippen LogP contribution in [0.1, 0.15) is 43.0 Å². The number of carbonyl (C=O) groups is 1. The van der Waals surface area contributed by atoms with Crippen molar-refractivity contribution >= 4 is 44.8 Å². The summed E-state index contributed by atoms with van der Waals surface area (Å²) in [6, 6.07) is 11.0. The summed E-state index contributed by atoms with van der Waals surface area (Å²) in [5.74, 6) is -0.451. The Morgan fingerprint density at radius 1 is 1.11 bits per heavy atom. The summed E-state index contributed by atoms with van der Waals surface area (Å²) in [7, 11) is -3.56. The number of sulfonamides is 1. The van der Waals surface area contributed by atoms with Crippen molar-refractivity contribution in [2.24, 2.45) is 0 Å². The van der Waals surface area contributed by atoms with Gasteiger partial charge in [-0.3, -0.25) is 4.79 Å². The fourth-order valence-corrected chi connectivity index (χ4v) is 5.79. The van der Waals surface area contributed by atoms with Gasteiger partial charge in [0, 0.05) is 18.3 Å². The van der Waals surface area contributed by atoms with Crippen LogP contribution in [0.2, 0.25) is 10.0 Å². The van der Waals surface area contributed by atoms with Gasteiger partial charge in [-0.1, -0.05) is 42.6 Å². The van der Waals surface area contributed by atoms with E-state index in [9.17, 15) is 13.2 Å². The molecule has 1 amide bonds. The summed E-state index contributed by atoms with van der Waals surface area (Å²) in [6.45, 7) is 2.56. The van der Waals surface area contributed by atoms with Gasteiger partial charge in [0.1, 0.15) is 0 Å². The number of anilines is 1. The van der Waals surface area contributed by atoms with Crippen LogP contribution in [-0.2, 0) is 10.0 Å². The van der Waals surface area contributed by atoms with E-state index < -0.39 is 15.9 Å². The highest BCUT2D eigenvalue weighted by Crippen LogP contribution is 2.28. The topological polar surface area (TPSA) is 66.5 Å². The average molecular weight is 441 g/mol. The van der Waals surface area contributed by atoms with Crippen LogP contribution in [0.15, 0.2) is 47.4 Å². The molecule has 2 aromatic carbocycles. The summed E-state index contributed by atoms with van der Waals surface area (Å²) in [6.07, 6.45) is 3.62. The number of benzene rings is 2. The molecule has 1 aliphatic rings. The molecule has 0 aliphatic carbocycles. The lowest BCUT2D eigenvalue weighted by Gasteiger charge is -2.34. The van der Waals surface area contributed by atoms with E-state index in [-0.39, 0.29) is 26.5 Å². The molecule has 1 fully saturated rings. The van der Waals surface area contributed by atoms with Gasteiger partial charge < -0.3 is 5.32 Å². The number of nitrogens with one attached hydrogen (secondary N) is 1. The zero-order chi connectivity index (χ0) is 20.3. The Hall–Kier alpha value is -1.60. The van der Waals surface area contributed by atoms with E-state index in [1.54, 1.807) is 34.6 Å². The van der Waals surface area contributed by atoms with Crippen molar-refractivity contribution in [3.63, 3.8) is 0 Å². The Balaban J connectivity index is 1.79. The third-order valence-corrected chi connectivity index (χ3v) is 7.55. The van der Waals surface area contributed by atoms with Crippen molar-refractivity contribution in [3.8, 4) is 0 Å². The van der Waals surface area contributed by atoms with Gasteiger partial charge in [0.2, 0.25) is 10.0 Å². The fourth-order valence-electron chi connectivity index (χ4n) is 3.45. The molecule has 1 aliphatic heterocycles. The number of halogens is 2. The first-order valence-corrected chi connectivity index (χ1v) is 11.4. The number of hydrogen-bond acceptors (Lipinski definition) is 3. The van der Waals surface area contributed by atoms with E-state index in [0.29, 0.717) is 12.2 Å². The van der Waals surface area contributed by atoms with E-state index in [0.717, 1.165) is 25.7 Å². The lowest BCUT2D eigenvalue weighted by atomic mass is 10.0. The lowest BCUT2D eigenvalue weighted by molar-refractivity contribution is 0.102. The lowest BCUT2D eigenvalue weighted by Crippen LogP contribution is -2.43. The Kier molecular flexibility index (Phi) is 6.65. The summed E-state index contributed by atoms with van der Waals surface area (Å²) < 4.78 is 27.6. The molecule has 150 valence electrons. The second-order valence-electron chi connectivity index (χ2n) is 6.75. The molecule has 5 nitrogen and oxygen atoms in total. The first-order valence-electron chi connectivity index (χ1n) is 9.22. The van der Waals surface area contributed by atoms with Crippen molar-refractivity contribution < 1.29 is 13.2 Å². The van der Waals surface area contributed by atoms with Gasteiger partial charge in [-0.25, -0.2) is 8.42 Å². The van der Waals surface area contributed by atoms with Crippen LogP contribution in [0.4, 0.5) is 5.69 Å². The van der Waals surface area contributed by atoms with Crippen molar-refractivity contribution in [2.75, 3.05) is 11.9 Å². The van der Waals surface area contributed by atoms with Crippen LogP contribution >= 0.6 is 23.2 Å². The number of nitrogens with zero attached hydrogens (tertiary/aromatic N) is 1. The zero-order valence-electron chi connectivity index (χ0n) is 15.5. The molecule has 2 aromatic rings.